The van der Waals surface area contributed by atoms with Gasteiger partial charge >= 0.3 is 0 Å². The normalized spacial score (nSPS) is 32.8. The van der Waals surface area contributed by atoms with E-state index in [1.807, 2.05) is 4.90 Å². The third-order valence-electron chi connectivity index (χ3n) is 3.95. The lowest BCUT2D eigenvalue weighted by atomic mass is 9.81. The first kappa shape index (κ1) is 11.9. The Morgan fingerprint density at radius 2 is 1.81 bits per heavy atom. The van der Waals surface area contributed by atoms with Crippen molar-refractivity contribution in [3.63, 3.8) is 0 Å². The van der Waals surface area contributed by atoms with Gasteiger partial charge in [-0.15, -0.1) is 0 Å². The molecule has 16 heavy (non-hydrogen) atoms. The van der Waals surface area contributed by atoms with Crippen LogP contribution in [0.3, 0.4) is 0 Å². The van der Waals surface area contributed by atoms with Crippen LogP contribution < -0.4 is 5.73 Å². The number of carbonyl (C=O) groups is 1. The Balaban J connectivity index is 1.94. The minimum atomic E-state index is -0.492. The van der Waals surface area contributed by atoms with Crippen molar-refractivity contribution in [2.75, 3.05) is 13.1 Å². The molecular weight excluding hydrogens is 204 g/mol. The van der Waals surface area contributed by atoms with Crippen LogP contribution in [0.25, 0.3) is 0 Å². The van der Waals surface area contributed by atoms with Gasteiger partial charge in [0.1, 0.15) is 0 Å². The fourth-order valence-electron chi connectivity index (χ4n) is 2.89. The third-order valence-corrected chi connectivity index (χ3v) is 3.95. The van der Waals surface area contributed by atoms with Gasteiger partial charge in [-0.05, 0) is 25.7 Å². The molecule has 0 aromatic carbocycles. The summed E-state index contributed by atoms with van der Waals surface area (Å²) in [5.74, 6) is 0.0188. The average Bonchev–Trinajstić information content (AvgIpc) is 2.81. The first-order chi connectivity index (χ1) is 7.70. The molecule has 4 heteroatoms. The number of nitrogens with two attached hydrogens (primary N) is 1. The Morgan fingerprint density at radius 3 is 2.44 bits per heavy atom. The number of hydrogen-bond donors (Lipinski definition) is 2. The Labute approximate surface area is 96.8 Å². The molecule has 3 N–H and O–H groups in total. The highest BCUT2D eigenvalue weighted by molar-refractivity contribution is 5.82. The molecule has 1 aliphatic carbocycles. The number of carbonyl (C=O) groups excluding carboxylic acids is 1. The van der Waals surface area contributed by atoms with Crippen molar-refractivity contribution < 1.29 is 9.90 Å². The third kappa shape index (κ3) is 2.38. The molecule has 2 fully saturated rings. The molecule has 2 rings (SSSR count). The Kier molecular flexibility index (Phi) is 3.82. The summed E-state index contributed by atoms with van der Waals surface area (Å²) >= 11 is 0. The number of rotatable bonds is 2. The van der Waals surface area contributed by atoms with E-state index in [0.717, 1.165) is 51.6 Å². The molecule has 1 saturated carbocycles. The van der Waals surface area contributed by atoms with Crippen molar-refractivity contribution in [1.82, 2.24) is 4.90 Å². The minimum absolute atomic E-state index is 0.0261. The second-order valence-corrected chi connectivity index (χ2v) is 5.07. The standard InChI is InChI=1S/C12H22N2O2/c13-11(9-5-1-2-6-10(9)15)12(16)14-7-3-4-8-14/h9-11,15H,1-8,13H2. The Hall–Kier alpha value is -0.610. The van der Waals surface area contributed by atoms with Crippen LogP contribution in [0.4, 0.5) is 0 Å². The molecule has 0 bridgehead atoms. The zero-order chi connectivity index (χ0) is 11.5. The van der Waals surface area contributed by atoms with E-state index in [1.54, 1.807) is 0 Å². The largest absolute Gasteiger partial charge is 0.393 e. The Morgan fingerprint density at radius 1 is 1.19 bits per heavy atom. The van der Waals surface area contributed by atoms with E-state index < -0.39 is 6.04 Å². The van der Waals surface area contributed by atoms with Gasteiger partial charge in [-0.1, -0.05) is 12.8 Å². The zero-order valence-electron chi connectivity index (χ0n) is 9.77. The average molecular weight is 226 g/mol. The first-order valence-corrected chi connectivity index (χ1v) is 6.42. The molecule has 4 nitrogen and oxygen atoms in total. The van der Waals surface area contributed by atoms with Gasteiger partial charge in [-0.25, -0.2) is 0 Å². The number of aliphatic hydroxyl groups excluding tert-OH is 1. The molecular formula is C12H22N2O2. The van der Waals surface area contributed by atoms with Gasteiger partial charge in [0.05, 0.1) is 12.1 Å². The van der Waals surface area contributed by atoms with Crippen molar-refractivity contribution in [3.8, 4) is 0 Å². The van der Waals surface area contributed by atoms with Crippen molar-refractivity contribution in [2.45, 2.75) is 50.7 Å². The molecule has 1 saturated heterocycles. The van der Waals surface area contributed by atoms with Gasteiger partial charge in [0, 0.05) is 19.0 Å². The summed E-state index contributed by atoms with van der Waals surface area (Å²) in [5, 5.41) is 9.88. The van der Waals surface area contributed by atoms with Gasteiger partial charge in [0.15, 0.2) is 0 Å². The molecule has 1 aliphatic heterocycles. The van der Waals surface area contributed by atoms with E-state index in [4.69, 9.17) is 5.73 Å². The number of hydrogen-bond acceptors (Lipinski definition) is 3. The lowest BCUT2D eigenvalue weighted by Crippen LogP contribution is -2.50. The summed E-state index contributed by atoms with van der Waals surface area (Å²) in [5.41, 5.74) is 6.01. The summed E-state index contributed by atoms with van der Waals surface area (Å²) in [6.45, 7) is 1.69. The van der Waals surface area contributed by atoms with Crippen molar-refractivity contribution in [1.29, 1.82) is 0 Å². The second kappa shape index (κ2) is 5.15. The summed E-state index contributed by atoms with van der Waals surface area (Å²) < 4.78 is 0. The Bertz CT molecular complexity index is 251. The monoisotopic (exact) mass is 226 g/mol. The number of likely N-dealkylation sites (tertiary alicyclic amines) is 1. The summed E-state index contributed by atoms with van der Waals surface area (Å²) in [6, 6.07) is -0.492. The molecule has 2 aliphatic rings. The quantitative estimate of drug-likeness (QED) is 0.720. The molecule has 1 amide bonds. The van der Waals surface area contributed by atoms with Crippen LogP contribution in [0.5, 0.6) is 0 Å². The number of aliphatic hydroxyl groups is 1. The van der Waals surface area contributed by atoms with Crippen molar-refractivity contribution in [2.24, 2.45) is 11.7 Å². The molecule has 3 atom stereocenters. The summed E-state index contributed by atoms with van der Waals surface area (Å²) in [7, 11) is 0. The molecule has 92 valence electrons. The van der Waals surface area contributed by atoms with E-state index >= 15 is 0 Å². The van der Waals surface area contributed by atoms with E-state index in [-0.39, 0.29) is 17.9 Å². The van der Waals surface area contributed by atoms with Gasteiger partial charge in [0.2, 0.25) is 5.91 Å². The predicted molar refractivity (Wildman–Crippen MR) is 61.8 cm³/mol. The maximum Gasteiger partial charge on any atom is 0.239 e. The highest BCUT2D eigenvalue weighted by Crippen LogP contribution is 2.27. The molecule has 1 heterocycles. The van der Waals surface area contributed by atoms with Gasteiger partial charge in [0.25, 0.3) is 0 Å². The van der Waals surface area contributed by atoms with Crippen LogP contribution in [0, 0.1) is 5.92 Å². The number of amides is 1. The molecule has 0 radical (unpaired) electrons. The van der Waals surface area contributed by atoms with E-state index in [0.29, 0.717) is 0 Å². The van der Waals surface area contributed by atoms with Gasteiger partial charge < -0.3 is 15.7 Å². The van der Waals surface area contributed by atoms with Crippen LogP contribution in [-0.2, 0) is 4.79 Å². The fourth-order valence-corrected chi connectivity index (χ4v) is 2.89. The topological polar surface area (TPSA) is 66.6 Å². The summed E-state index contributed by atoms with van der Waals surface area (Å²) in [6.07, 6.45) is 5.63. The summed E-state index contributed by atoms with van der Waals surface area (Å²) in [4.78, 5) is 13.9. The van der Waals surface area contributed by atoms with E-state index in [2.05, 4.69) is 0 Å². The predicted octanol–water partition coefficient (Wildman–Crippen LogP) is 0.487. The number of nitrogens with zero attached hydrogens (tertiary/aromatic N) is 1. The zero-order valence-corrected chi connectivity index (χ0v) is 9.77. The second-order valence-electron chi connectivity index (χ2n) is 5.07. The molecule has 3 unspecified atom stereocenters. The lowest BCUT2D eigenvalue weighted by Gasteiger charge is -2.33. The van der Waals surface area contributed by atoms with E-state index in [1.165, 1.54) is 0 Å². The van der Waals surface area contributed by atoms with Crippen LogP contribution in [0.15, 0.2) is 0 Å². The van der Waals surface area contributed by atoms with Crippen molar-refractivity contribution in [3.05, 3.63) is 0 Å². The first-order valence-electron chi connectivity index (χ1n) is 6.42. The maximum absolute atomic E-state index is 12.1. The molecule has 0 spiro atoms. The van der Waals surface area contributed by atoms with E-state index in [9.17, 15) is 9.90 Å². The molecule has 0 aromatic heterocycles. The highest BCUT2D eigenvalue weighted by atomic mass is 16.3. The lowest BCUT2D eigenvalue weighted by molar-refractivity contribution is -0.134. The smallest absolute Gasteiger partial charge is 0.239 e. The van der Waals surface area contributed by atoms with Crippen LogP contribution in [0.2, 0.25) is 0 Å². The van der Waals surface area contributed by atoms with Crippen molar-refractivity contribution >= 4 is 5.91 Å². The van der Waals surface area contributed by atoms with Gasteiger partial charge in [-0.3, -0.25) is 4.79 Å². The fraction of sp³-hybridized carbons (Fsp3) is 0.917. The SMILES string of the molecule is NC(C(=O)N1CCCC1)C1CCCCC1O. The molecule has 0 aromatic rings. The minimum Gasteiger partial charge on any atom is -0.393 e. The maximum atomic E-state index is 12.1. The highest BCUT2D eigenvalue weighted by Gasteiger charge is 2.35. The van der Waals surface area contributed by atoms with Crippen LogP contribution in [-0.4, -0.2) is 41.1 Å². The van der Waals surface area contributed by atoms with Crippen LogP contribution >= 0.6 is 0 Å². The van der Waals surface area contributed by atoms with Crippen LogP contribution in [0.1, 0.15) is 38.5 Å². The van der Waals surface area contributed by atoms with Gasteiger partial charge in [-0.2, -0.15) is 0 Å².